The molecule has 4 heteroatoms. The molecule has 0 aliphatic rings. The third kappa shape index (κ3) is 3.94. The lowest BCUT2D eigenvalue weighted by Crippen LogP contribution is -2.20. The number of alkyl halides is 2. The second-order valence-electron chi connectivity index (χ2n) is 2.65. The first-order valence-electron chi connectivity index (χ1n) is 3.92. The van der Waals surface area contributed by atoms with Crippen LogP contribution in [0, 0.1) is 5.82 Å². The first-order valence-corrected chi connectivity index (χ1v) is 3.92. The van der Waals surface area contributed by atoms with E-state index in [1.54, 1.807) is 12.1 Å². The van der Waals surface area contributed by atoms with E-state index in [-0.39, 0.29) is 12.4 Å². The van der Waals surface area contributed by atoms with E-state index in [1.165, 1.54) is 12.1 Å². The predicted molar refractivity (Wildman–Crippen MR) is 44.1 cm³/mol. The van der Waals surface area contributed by atoms with Crippen LogP contribution in [0.15, 0.2) is 24.3 Å². The minimum Gasteiger partial charge on any atom is -0.307 e. The van der Waals surface area contributed by atoms with Gasteiger partial charge in [-0.1, -0.05) is 12.1 Å². The van der Waals surface area contributed by atoms with Gasteiger partial charge in [0.25, 0.3) is 6.43 Å². The lowest BCUT2D eigenvalue weighted by atomic mass is 10.2. The van der Waals surface area contributed by atoms with Crippen molar-refractivity contribution in [2.75, 3.05) is 6.54 Å². The second-order valence-corrected chi connectivity index (χ2v) is 2.65. The monoisotopic (exact) mass is 189 g/mol. The quantitative estimate of drug-likeness (QED) is 0.765. The summed E-state index contributed by atoms with van der Waals surface area (Å²) in [5.41, 5.74) is 0.794. The van der Waals surface area contributed by atoms with Crippen molar-refractivity contribution in [3.05, 3.63) is 35.6 Å². The highest BCUT2D eigenvalue weighted by Gasteiger charge is 2.00. The zero-order chi connectivity index (χ0) is 9.68. The Kier molecular flexibility index (Phi) is 3.76. The third-order valence-corrected chi connectivity index (χ3v) is 1.54. The summed E-state index contributed by atoms with van der Waals surface area (Å²) in [5, 5.41) is 2.55. The van der Waals surface area contributed by atoms with Crippen LogP contribution in [-0.4, -0.2) is 13.0 Å². The van der Waals surface area contributed by atoms with Crippen molar-refractivity contribution in [3.63, 3.8) is 0 Å². The van der Waals surface area contributed by atoms with E-state index in [2.05, 4.69) is 5.32 Å². The molecule has 0 atom stereocenters. The molecule has 0 heterocycles. The van der Waals surface area contributed by atoms with Crippen LogP contribution >= 0.6 is 0 Å². The fourth-order valence-electron chi connectivity index (χ4n) is 0.928. The molecule has 1 aromatic carbocycles. The van der Waals surface area contributed by atoms with Gasteiger partial charge in [0.1, 0.15) is 5.82 Å². The average Bonchev–Trinajstić information content (AvgIpc) is 2.08. The van der Waals surface area contributed by atoms with Crippen LogP contribution in [-0.2, 0) is 6.54 Å². The largest absolute Gasteiger partial charge is 0.307 e. The Balaban J connectivity index is 2.33. The minimum atomic E-state index is -2.35. The normalized spacial score (nSPS) is 10.8. The maximum Gasteiger partial charge on any atom is 0.250 e. The van der Waals surface area contributed by atoms with Crippen molar-refractivity contribution in [3.8, 4) is 0 Å². The van der Waals surface area contributed by atoms with Crippen molar-refractivity contribution >= 4 is 0 Å². The molecule has 0 aliphatic carbocycles. The zero-order valence-electron chi connectivity index (χ0n) is 6.93. The summed E-state index contributed by atoms with van der Waals surface area (Å²) in [6.07, 6.45) is -2.35. The number of halogens is 3. The second kappa shape index (κ2) is 4.87. The van der Waals surface area contributed by atoms with E-state index in [1.807, 2.05) is 0 Å². The molecule has 0 aromatic heterocycles. The highest BCUT2D eigenvalue weighted by Crippen LogP contribution is 2.02. The summed E-state index contributed by atoms with van der Waals surface area (Å²) in [7, 11) is 0. The van der Waals surface area contributed by atoms with Crippen LogP contribution in [0.2, 0.25) is 0 Å². The Morgan fingerprint density at radius 1 is 1.15 bits per heavy atom. The van der Waals surface area contributed by atoms with E-state index < -0.39 is 6.43 Å². The molecule has 0 saturated heterocycles. The number of hydrogen-bond acceptors (Lipinski definition) is 1. The Morgan fingerprint density at radius 3 is 2.31 bits per heavy atom. The summed E-state index contributed by atoms with van der Waals surface area (Å²) in [5.74, 6) is -0.322. The van der Waals surface area contributed by atoms with E-state index >= 15 is 0 Å². The summed E-state index contributed by atoms with van der Waals surface area (Å²) in [6.45, 7) is 0.00198. The van der Waals surface area contributed by atoms with E-state index in [4.69, 9.17) is 0 Å². The molecular formula is C9H10F3N. The maximum atomic E-state index is 12.4. The van der Waals surface area contributed by atoms with Crippen LogP contribution in [0.4, 0.5) is 13.2 Å². The molecule has 13 heavy (non-hydrogen) atoms. The van der Waals surface area contributed by atoms with E-state index in [0.29, 0.717) is 6.54 Å². The van der Waals surface area contributed by atoms with Crippen LogP contribution in [0.5, 0.6) is 0 Å². The van der Waals surface area contributed by atoms with Gasteiger partial charge >= 0.3 is 0 Å². The lowest BCUT2D eigenvalue weighted by Gasteiger charge is -2.03. The van der Waals surface area contributed by atoms with Gasteiger partial charge in [0.05, 0.1) is 6.54 Å². The van der Waals surface area contributed by atoms with Gasteiger partial charge in [-0.2, -0.15) is 0 Å². The standard InChI is InChI=1S/C9H10F3N/c10-8-3-1-7(2-4-8)5-13-6-9(11)12/h1-4,9,13H,5-6H2. The number of rotatable bonds is 4. The Bertz CT molecular complexity index is 246. The summed E-state index contributed by atoms with van der Waals surface area (Å²) in [4.78, 5) is 0. The first-order chi connectivity index (χ1) is 6.18. The molecule has 0 bridgehead atoms. The van der Waals surface area contributed by atoms with Gasteiger partial charge < -0.3 is 5.32 Å². The van der Waals surface area contributed by atoms with Crippen molar-refractivity contribution in [1.82, 2.24) is 5.32 Å². The molecule has 72 valence electrons. The Morgan fingerprint density at radius 2 is 1.77 bits per heavy atom. The third-order valence-electron chi connectivity index (χ3n) is 1.54. The van der Waals surface area contributed by atoms with Gasteiger partial charge in [-0.3, -0.25) is 0 Å². The molecule has 0 aliphatic heterocycles. The SMILES string of the molecule is Fc1ccc(CNCC(F)F)cc1. The smallest absolute Gasteiger partial charge is 0.250 e. The van der Waals surface area contributed by atoms with E-state index in [0.717, 1.165) is 5.56 Å². The number of benzene rings is 1. The molecule has 0 saturated carbocycles. The molecule has 1 N–H and O–H groups in total. The van der Waals surface area contributed by atoms with Gasteiger partial charge in [0.15, 0.2) is 0 Å². The molecule has 0 spiro atoms. The van der Waals surface area contributed by atoms with Crippen LogP contribution < -0.4 is 5.32 Å². The first kappa shape index (κ1) is 10.1. The Hall–Kier alpha value is -1.03. The molecule has 1 aromatic rings. The predicted octanol–water partition coefficient (Wildman–Crippen LogP) is 2.18. The molecule has 1 nitrogen and oxygen atoms in total. The van der Waals surface area contributed by atoms with Gasteiger partial charge in [-0.15, -0.1) is 0 Å². The minimum absolute atomic E-state index is 0.322. The fourth-order valence-corrected chi connectivity index (χ4v) is 0.928. The van der Waals surface area contributed by atoms with Crippen molar-refractivity contribution in [1.29, 1.82) is 0 Å². The van der Waals surface area contributed by atoms with Gasteiger partial charge in [-0.25, -0.2) is 13.2 Å². The van der Waals surface area contributed by atoms with Gasteiger partial charge in [0, 0.05) is 6.54 Å². The molecule has 0 radical (unpaired) electrons. The van der Waals surface area contributed by atoms with Gasteiger partial charge in [0.2, 0.25) is 0 Å². The van der Waals surface area contributed by atoms with Crippen LogP contribution in [0.3, 0.4) is 0 Å². The molecule has 0 amide bonds. The maximum absolute atomic E-state index is 12.4. The topological polar surface area (TPSA) is 12.0 Å². The van der Waals surface area contributed by atoms with E-state index in [9.17, 15) is 13.2 Å². The van der Waals surface area contributed by atoms with Gasteiger partial charge in [-0.05, 0) is 17.7 Å². The van der Waals surface area contributed by atoms with Crippen molar-refractivity contribution in [2.24, 2.45) is 0 Å². The number of hydrogen-bond donors (Lipinski definition) is 1. The zero-order valence-corrected chi connectivity index (χ0v) is 6.93. The molecule has 0 unspecified atom stereocenters. The summed E-state index contributed by atoms with van der Waals surface area (Å²) in [6, 6.07) is 5.74. The lowest BCUT2D eigenvalue weighted by molar-refractivity contribution is 0.145. The van der Waals surface area contributed by atoms with Crippen LogP contribution in [0.25, 0.3) is 0 Å². The van der Waals surface area contributed by atoms with Crippen LogP contribution in [0.1, 0.15) is 5.56 Å². The molecular weight excluding hydrogens is 179 g/mol. The summed E-state index contributed by atoms with van der Waals surface area (Å²) < 4.78 is 35.8. The molecule has 1 rings (SSSR count). The highest BCUT2D eigenvalue weighted by atomic mass is 19.3. The summed E-state index contributed by atoms with van der Waals surface area (Å²) >= 11 is 0. The highest BCUT2D eigenvalue weighted by molar-refractivity contribution is 5.15. The van der Waals surface area contributed by atoms with Crippen molar-refractivity contribution < 1.29 is 13.2 Å². The number of nitrogens with one attached hydrogen (secondary N) is 1. The van der Waals surface area contributed by atoms with Crippen molar-refractivity contribution in [2.45, 2.75) is 13.0 Å². The fraction of sp³-hybridized carbons (Fsp3) is 0.333. The molecule has 0 fully saturated rings. The Labute approximate surface area is 74.6 Å². The average molecular weight is 189 g/mol.